The highest BCUT2D eigenvalue weighted by Gasteiger charge is 2.57. The maximum absolute atomic E-state index is 11.5. The molecule has 238 valence electrons. The van der Waals surface area contributed by atoms with E-state index in [1.807, 2.05) is 0 Å². The number of nitrogens with zero attached hydrogens (tertiary/aromatic N) is 2. The van der Waals surface area contributed by atoms with Gasteiger partial charge in [-0.15, -0.1) is 0 Å². The van der Waals surface area contributed by atoms with Crippen LogP contribution in [0.5, 0.6) is 0 Å². The molecule has 0 unspecified atom stereocenters. The zero-order chi connectivity index (χ0) is 29.2. The molecule has 0 amide bonds. The average molecular weight is 621 g/mol. The maximum atomic E-state index is 11.5. The fourth-order valence-electron chi connectivity index (χ4n) is 13.5. The molecule has 12 fully saturated rings. The van der Waals surface area contributed by atoms with Gasteiger partial charge in [-0.05, 0) is 179 Å². The summed E-state index contributed by atoms with van der Waals surface area (Å²) in [5, 5.41) is 11.5. The van der Waals surface area contributed by atoms with Crippen LogP contribution >= 0.6 is 7.74 Å². The van der Waals surface area contributed by atoms with Gasteiger partial charge in [-0.25, -0.2) is 0 Å². The molecule has 0 aliphatic heterocycles. The van der Waals surface area contributed by atoms with Crippen LogP contribution in [0.1, 0.15) is 96.3 Å². The second-order valence-corrected chi connectivity index (χ2v) is 19.1. The first-order valence-corrected chi connectivity index (χ1v) is 19.8. The van der Waals surface area contributed by atoms with E-state index in [1.165, 1.54) is 96.3 Å². The summed E-state index contributed by atoms with van der Waals surface area (Å²) in [6, 6.07) is 6.77. The molecule has 44 heavy (non-hydrogen) atoms. The molecular weight excluding hydrogens is 571 g/mol. The lowest BCUT2D eigenvalue weighted by atomic mass is 9.55. The van der Waals surface area contributed by atoms with E-state index in [-0.39, 0.29) is 28.9 Å². The monoisotopic (exact) mass is 620 g/mol. The summed E-state index contributed by atoms with van der Waals surface area (Å²) < 4.78 is 28.2. The van der Waals surface area contributed by atoms with Gasteiger partial charge in [0.2, 0.25) is 0 Å². The van der Waals surface area contributed by atoms with E-state index in [1.54, 1.807) is 24.3 Å². The minimum atomic E-state index is -3.18. The first-order chi connectivity index (χ1) is 21.4. The number of rotatable bonds is 8. The highest BCUT2D eigenvalue weighted by molar-refractivity contribution is 7.51. The van der Waals surface area contributed by atoms with Crippen molar-refractivity contribution in [1.29, 1.82) is 0 Å². The predicted molar refractivity (Wildman–Crippen MR) is 168 cm³/mol. The fourth-order valence-corrected chi connectivity index (χ4v) is 16.2. The SMILES string of the molecule is O=[N+]([O-])c1ccc(N=P(OC2C3CC4CC(C3)CC2C4)(OC2C3CC4CC(C3)CC2C4)OC2C3CC4CC(C3)CC2C4)cc1. The summed E-state index contributed by atoms with van der Waals surface area (Å²) in [5.74, 6) is 8.72. The van der Waals surface area contributed by atoms with E-state index in [0.717, 1.165) is 35.5 Å². The quantitative estimate of drug-likeness (QED) is 0.164. The van der Waals surface area contributed by atoms with E-state index in [4.69, 9.17) is 18.3 Å². The minimum Gasteiger partial charge on any atom is -0.299 e. The van der Waals surface area contributed by atoms with Crippen LogP contribution in [0.15, 0.2) is 29.0 Å². The molecule has 0 aromatic heterocycles. The third kappa shape index (κ3) is 4.72. The van der Waals surface area contributed by atoms with E-state index in [2.05, 4.69) is 0 Å². The molecule has 1 aromatic rings. The lowest BCUT2D eigenvalue weighted by Crippen LogP contribution is -2.52. The summed E-state index contributed by atoms with van der Waals surface area (Å²) in [6.45, 7) is 0. The van der Waals surface area contributed by atoms with Gasteiger partial charge in [0.25, 0.3) is 5.69 Å². The standard InChI is InChI=1S/C36H49N2O5P/c39-38(40)33-3-1-32(2-4-33)37-44(41-34-26-8-20-5-21(10-26)11-27(34)9-20,42-35-28-12-22-6-23(14-28)15-29(35)13-22)43-36-30-16-24-7-25(18-30)19-31(36)17-24/h1-4,20-31,34-36H,5-19H2. The van der Waals surface area contributed by atoms with E-state index >= 15 is 0 Å². The van der Waals surface area contributed by atoms with Crippen molar-refractivity contribution in [2.45, 2.75) is 115 Å². The van der Waals surface area contributed by atoms with Gasteiger partial charge in [0, 0.05) is 12.1 Å². The lowest BCUT2D eigenvalue weighted by molar-refractivity contribution is -0.384. The van der Waals surface area contributed by atoms with Crippen molar-refractivity contribution in [3.8, 4) is 0 Å². The van der Waals surface area contributed by atoms with Crippen molar-refractivity contribution in [3.05, 3.63) is 34.4 Å². The van der Waals surface area contributed by atoms with Gasteiger partial charge in [-0.3, -0.25) is 23.7 Å². The highest BCUT2D eigenvalue weighted by atomic mass is 31.2. The third-order valence-electron chi connectivity index (χ3n) is 14.5. The highest BCUT2D eigenvalue weighted by Crippen LogP contribution is 2.69. The second kappa shape index (κ2) is 10.4. The summed E-state index contributed by atoms with van der Waals surface area (Å²) in [5.41, 5.74) is 0.805. The normalized spacial score (nSPS) is 50.2. The van der Waals surface area contributed by atoms with Crippen LogP contribution in [0.4, 0.5) is 11.4 Å². The Morgan fingerprint density at radius 3 is 1.09 bits per heavy atom. The van der Waals surface area contributed by atoms with Crippen LogP contribution < -0.4 is 0 Å². The fraction of sp³-hybridized carbons (Fsp3) is 0.833. The van der Waals surface area contributed by atoms with Crippen LogP contribution in [-0.4, -0.2) is 23.2 Å². The molecule has 7 nitrogen and oxygen atoms in total. The molecular formula is C36H49N2O5P. The summed E-state index contributed by atoms with van der Waals surface area (Å²) in [7, 11) is -3.18. The average Bonchev–Trinajstić information content (AvgIpc) is 2.98. The Hall–Kier alpha value is -1.27. The van der Waals surface area contributed by atoms with E-state index in [0.29, 0.717) is 41.2 Å². The van der Waals surface area contributed by atoms with E-state index in [9.17, 15) is 10.1 Å². The zero-order valence-corrected chi connectivity index (χ0v) is 26.9. The molecule has 0 saturated heterocycles. The van der Waals surface area contributed by atoms with Gasteiger partial charge in [-0.1, -0.05) is 0 Å². The Kier molecular flexibility index (Phi) is 6.55. The van der Waals surface area contributed by atoms with Crippen LogP contribution in [-0.2, 0) is 13.6 Å². The minimum absolute atomic E-state index is 0.0961. The van der Waals surface area contributed by atoms with Gasteiger partial charge >= 0.3 is 7.74 Å². The Balaban J connectivity index is 1.06. The van der Waals surface area contributed by atoms with Crippen LogP contribution in [0.3, 0.4) is 0 Å². The smallest absolute Gasteiger partial charge is 0.299 e. The molecule has 12 aliphatic rings. The number of benzene rings is 1. The molecule has 0 heterocycles. The Bertz CT molecular complexity index is 1160. The molecule has 1 aromatic carbocycles. The first-order valence-electron chi connectivity index (χ1n) is 18.3. The zero-order valence-electron chi connectivity index (χ0n) is 26.0. The summed E-state index contributed by atoms with van der Waals surface area (Å²) >= 11 is 0. The first kappa shape index (κ1) is 27.8. The molecule has 0 spiro atoms. The van der Waals surface area contributed by atoms with Gasteiger partial charge in [0.15, 0.2) is 0 Å². The second-order valence-electron chi connectivity index (χ2n) is 17.3. The van der Waals surface area contributed by atoms with Crippen molar-refractivity contribution in [1.82, 2.24) is 0 Å². The number of hydrogen-bond donors (Lipinski definition) is 0. The Labute approximate surface area is 262 Å². The molecule has 13 rings (SSSR count). The number of nitro benzene ring substituents is 1. The number of hydrogen-bond acceptors (Lipinski definition) is 6. The Morgan fingerprint density at radius 1 is 0.523 bits per heavy atom. The molecule has 0 radical (unpaired) electrons. The van der Waals surface area contributed by atoms with Gasteiger partial charge < -0.3 is 0 Å². The van der Waals surface area contributed by atoms with Gasteiger partial charge in [-0.2, -0.15) is 4.74 Å². The predicted octanol–water partition coefficient (Wildman–Crippen LogP) is 9.70. The van der Waals surface area contributed by atoms with Crippen LogP contribution in [0.25, 0.3) is 0 Å². The molecule has 8 heteroatoms. The van der Waals surface area contributed by atoms with Crippen molar-refractivity contribution >= 4 is 19.1 Å². The van der Waals surface area contributed by atoms with Gasteiger partial charge in [0.1, 0.15) is 0 Å². The molecule has 0 N–H and O–H groups in total. The van der Waals surface area contributed by atoms with Gasteiger partial charge in [0.05, 0.1) is 28.9 Å². The van der Waals surface area contributed by atoms with Crippen molar-refractivity contribution < 1.29 is 18.5 Å². The third-order valence-corrected chi connectivity index (χ3v) is 16.5. The van der Waals surface area contributed by atoms with Crippen LogP contribution in [0.2, 0.25) is 0 Å². The largest absolute Gasteiger partial charge is 0.361 e. The number of non-ortho nitro benzene ring substituents is 1. The molecule has 12 saturated carbocycles. The number of nitro groups is 1. The summed E-state index contributed by atoms with van der Waals surface area (Å²) in [4.78, 5) is 11.2. The molecule has 12 aliphatic carbocycles. The van der Waals surface area contributed by atoms with E-state index < -0.39 is 7.74 Å². The topological polar surface area (TPSA) is 83.2 Å². The molecule has 0 atom stereocenters. The van der Waals surface area contributed by atoms with Crippen LogP contribution in [0, 0.1) is 81.1 Å². The lowest BCUT2D eigenvalue weighted by Gasteiger charge is -2.58. The van der Waals surface area contributed by atoms with Crippen molar-refractivity contribution in [3.63, 3.8) is 0 Å². The maximum Gasteiger partial charge on any atom is 0.361 e. The molecule has 12 bridgehead atoms. The van der Waals surface area contributed by atoms with Crippen molar-refractivity contribution in [2.24, 2.45) is 75.8 Å². The van der Waals surface area contributed by atoms with Crippen molar-refractivity contribution in [2.75, 3.05) is 0 Å². The summed E-state index contributed by atoms with van der Waals surface area (Å²) in [6.07, 6.45) is 20.1. The Morgan fingerprint density at radius 2 is 0.818 bits per heavy atom.